The lowest BCUT2D eigenvalue weighted by molar-refractivity contribution is -0.000242. The van der Waals surface area contributed by atoms with Crippen molar-refractivity contribution in [2.45, 2.75) is 26.1 Å². The van der Waals surface area contributed by atoms with Crippen LogP contribution in [0.5, 0.6) is 0 Å². The van der Waals surface area contributed by atoms with E-state index in [1.807, 2.05) is 56.3 Å². The number of hydrogen-bond donors (Lipinski definition) is 1. The van der Waals surface area contributed by atoms with E-state index in [1.54, 1.807) is 24.3 Å². The quantitative estimate of drug-likeness (QED) is 0.469. The maximum absolute atomic E-state index is 13.2. The lowest BCUT2D eigenvalue weighted by atomic mass is 9.99. The summed E-state index contributed by atoms with van der Waals surface area (Å²) < 4.78 is 0. The van der Waals surface area contributed by atoms with Gasteiger partial charge in [-0.2, -0.15) is 0 Å². The summed E-state index contributed by atoms with van der Waals surface area (Å²) >= 11 is 6.43. The minimum absolute atomic E-state index is 0.204. The van der Waals surface area contributed by atoms with Gasteiger partial charge < -0.3 is 10.0 Å². The van der Waals surface area contributed by atoms with Crippen molar-refractivity contribution < 1.29 is 9.90 Å². The van der Waals surface area contributed by atoms with E-state index in [-0.39, 0.29) is 5.91 Å². The van der Waals surface area contributed by atoms with E-state index < -0.39 is 12.3 Å². The Bertz CT molecular complexity index is 1340. The number of hydrogen-bond acceptors (Lipinski definition) is 4. The summed E-state index contributed by atoms with van der Waals surface area (Å²) in [5.74, 6) is -0.204. The van der Waals surface area contributed by atoms with E-state index in [9.17, 15) is 9.90 Å². The summed E-state index contributed by atoms with van der Waals surface area (Å²) in [7, 11) is 0. The van der Waals surface area contributed by atoms with Crippen LogP contribution in [0.4, 0.5) is 0 Å². The van der Waals surface area contributed by atoms with Gasteiger partial charge in [0, 0.05) is 27.8 Å². The number of carbonyl (C=O) groups is 1. The second kappa shape index (κ2) is 7.45. The molecule has 1 aliphatic rings. The standard InChI is InChI=1S/C25H20ClN3O2/c1-14-7-5-12-21(27-14)23-19(13-16-8-6-11-20(26)22(16)28-23)15(2)29-24(30)17-9-3-4-10-18(17)25(29)31/h3-13,15,24,30H,1-2H3/t15-,24?/m0/s1. The number of carbonyl (C=O) groups excluding carboxylic acids is 1. The zero-order valence-electron chi connectivity index (χ0n) is 17.1. The van der Waals surface area contributed by atoms with Crippen LogP contribution in [-0.2, 0) is 0 Å². The van der Waals surface area contributed by atoms with Gasteiger partial charge in [0.15, 0.2) is 6.23 Å². The molecule has 6 heteroatoms. The van der Waals surface area contributed by atoms with Crippen molar-refractivity contribution in [3.8, 4) is 11.4 Å². The summed E-state index contributed by atoms with van der Waals surface area (Å²) in [5.41, 5.74) is 4.82. The molecule has 31 heavy (non-hydrogen) atoms. The Morgan fingerprint density at radius 3 is 2.58 bits per heavy atom. The number of pyridine rings is 2. The Morgan fingerprint density at radius 2 is 1.81 bits per heavy atom. The van der Waals surface area contributed by atoms with Crippen molar-refractivity contribution in [1.82, 2.24) is 14.9 Å². The molecule has 154 valence electrons. The Kier molecular flexibility index (Phi) is 4.73. The summed E-state index contributed by atoms with van der Waals surface area (Å²) in [6.07, 6.45) is -1.02. The molecule has 1 amide bonds. The SMILES string of the molecule is Cc1cccc(-c2nc3c(Cl)cccc3cc2[C@H](C)N2C(=O)c3ccccc3C2O)n1. The van der Waals surface area contributed by atoms with Gasteiger partial charge in [0.2, 0.25) is 0 Å². The number of aromatic nitrogens is 2. The molecule has 0 bridgehead atoms. The van der Waals surface area contributed by atoms with Gasteiger partial charge in [-0.15, -0.1) is 0 Å². The largest absolute Gasteiger partial charge is 0.369 e. The van der Waals surface area contributed by atoms with Gasteiger partial charge in [0.25, 0.3) is 5.91 Å². The van der Waals surface area contributed by atoms with Crippen molar-refractivity contribution in [2.75, 3.05) is 0 Å². The van der Waals surface area contributed by atoms with E-state index in [4.69, 9.17) is 16.6 Å². The maximum Gasteiger partial charge on any atom is 0.257 e. The second-order valence-electron chi connectivity index (χ2n) is 7.75. The molecule has 0 saturated carbocycles. The van der Waals surface area contributed by atoms with E-state index >= 15 is 0 Å². The third-order valence-corrected chi connectivity index (χ3v) is 6.10. The van der Waals surface area contributed by atoms with Crippen LogP contribution < -0.4 is 0 Å². The number of para-hydroxylation sites is 1. The van der Waals surface area contributed by atoms with E-state index in [2.05, 4.69) is 4.98 Å². The molecule has 5 nitrogen and oxygen atoms in total. The highest BCUT2D eigenvalue weighted by atomic mass is 35.5. The van der Waals surface area contributed by atoms with Gasteiger partial charge in [-0.1, -0.05) is 48.0 Å². The number of aryl methyl sites for hydroxylation is 1. The van der Waals surface area contributed by atoms with Crippen molar-refractivity contribution in [3.63, 3.8) is 0 Å². The Hall–Kier alpha value is -3.28. The first-order valence-corrected chi connectivity index (χ1v) is 10.5. The molecule has 1 aliphatic heterocycles. The molecule has 0 fully saturated rings. The van der Waals surface area contributed by atoms with Crippen LogP contribution in [0.3, 0.4) is 0 Å². The van der Waals surface area contributed by atoms with Gasteiger partial charge in [-0.3, -0.25) is 9.78 Å². The first-order valence-electron chi connectivity index (χ1n) is 10.1. The highest BCUT2D eigenvalue weighted by Crippen LogP contribution is 2.41. The molecule has 0 radical (unpaired) electrons. The molecule has 3 heterocycles. The first kappa shape index (κ1) is 19.7. The van der Waals surface area contributed by atoms with Crippen molar-refractivity contribution >= 4 is 28.4 Å². The Balaban J connectivity index is 1.70. The summed E-state index contributed by atoms with van der Waals surface area (Å²) in [6.45, 7) is 3.82. The lowest BCUT2D eigenvalue weighted by Gasteiger charge is -2.29. The minimum atomic E-state index is -1.02. The van der Waals surface area contributed by atoms with Gasteiger partial charge in [-0.25, -0.2) is 4.98 Å². The highest BCUT2D eigenvalue weighted by molar-refractivity contribution is 6.35. The fraction of sp³-hybridized carbons (Fsp3) is 0.160. The normalized spacial score (nSPS) is 16.6. The fourth-order valence-corrected chi connectivity index (χ4v) is 4.46. The minimum Gasteiger partial charge on any atom is -0.369 e. The van der Waals surface area contributed by atoms with E-state index in [0.717, 1.165) is 16.6 Å². The van der Waals surface area contributed by atoms with Crippen molar-refractivity contribution in [3.05, 3.63) is 94.1 Å². The van der Waals surface area contributed by atoms with Crippen LogP contribution in [-0.4, -0.2) is 25.9 Å². The number of fused-ring (bicyclic) bond motifs is 2. The topological polar surface area (TPSA) is 66.3 Å². The molecule has 1 N–H and O–H groups in total. The predicted octanol–water partition coefficient (Wildman–Crippen LogP) is 5.47. The summed E-state index contributed by atoms with van der Waals surface area (Å²) in [5, 5.41) is 12.4. The van der Waals surface area contributed by atoms with Crippen LogP contribution in [0, 0.1) is 6.92 Å². The van der Waals surface area contributed by atoms with Gasteiger partial charge in [0.05, 0.1) is 28.0 Å². The monoisotopic (exact) mass is 429 g/mol. The number of nitrogens with zero attached hydrogens (tertiary/aromatic N) is 3. The molecule has 1 unspecified atom stereocenters. The number of amides is 1. The van der Waals surface area contributed by atoms with Gasteiger partial charge in [-0.05, 0) is 44.2 Å². The third kappa shape index (κ3) is 3.17. The average Bonchev–Trinajstić information content (AvgIpc) is 3.03. The fourth-order valence-electron chi connectivity index (χ4n) is 4.23. The molecule has 4 aromatic rings. The van der Waals surface area contributed by atoms with Crippen LogP contribution in [0.1, 0.15) is 46.4 Å². The van der Waals surface area contributed by atoms with E-state index in [0.29, 0.717) is 33.1 Å². The number of aliphatic hydroxyl groups is 1. The molecule has 5 rings (SSSR count). The zero-order chi connectivity index (χ0) is 21.7. The molecule has 0 aliphatic carbocycles. The predicted molar refractivity (Wildman–Crippen MR) is 121 cm³/mol. The molecule has 2 aromatic heterocycles. The Morgan fingerprint density at radius 1 is 1.03 bits per heavy atom. The molecule has 2 atom stereocenters. The smallest absolute Gasteiger partial charge is 0.257 e. The van der Waals surface area contributed by atoms with Crippen LogP contribution in [0.2, 0.25) is 5.02 Å². The number of benzene rings is 2. The Labute approximate surface area is 185 Å². The van der Waals surface area contributed by atoms with Gasteiger partial charge in [0.1, 0.15) is 0 Å². The molecule has 0 spiro atoms. The average molecular weight is 430 g/mol. The number of halogens is 1. The van der Waals surface area contributed by atoms with Crippen molar-refractivity contribution in [1.29, 1.82) is 0 Å². The molecular weight excluding hydrogens is 410 g/mol. The zero-order valence-corrected chi connectivity index (χ0v) is 17.8. The van der Waals surface area contributed by atoms with E-state index in [1.165, 1.54) is 4.90 Å². The molecule has 0 saturated heterocycles. The lowest BCUT2D eigenvalue weighted by Crippen LogP contribution is -2.31. The van der Waals surface area contributed by atoms with Gasteiger partial charge >= 0.3 is 0 Å². The highest BCUT2D eigenvalue weighted by Gasteiger charge is 2.39. The number of rotatable bonds is 3. The second-order valence-corrected chi connectivity index (χ2v) is 8.16. The van der Waals surface area contributed by atoms with Crippen LogP contribution in [0.15, 0.2) is 66.7 Å². The van der Waals surface area contributed by atoms with Crippen molar-refractivity contribution in [2.24, 2.45) is 0 Å². The van der Waals surface area contributed by atoms with Crippen LogP contribution >= 0.6 is 11.6 Å². The number of aliphatic hydroxyl groups excluding tert-OH is 1. The molecule has 2 aromatic carbocycles. The summed E-state index contributed by atoms with van der Waals surface area (Å²) in [6, 6.07) is 20.1. The third-order valence-electron chi connectivity index (χ3n) is 5.79. The molecular formula is C25H20ClN3O2. The maximum atomic E-state index is 13.2. The van der Waals surface area contributed by atoms with Crippen LogP contribution in [0.25, 0.3) is 22.3 Å². The summed E-state index contributed by atoms with van der Waals surface area (Å²) in [4.78, 5) is 24.2. The first-order chi connectivity index (χ1) is 15.0.